The van der Waals surface area contributed by atoms with Crippen LogP contribution in [0, 0.1) is 0 Å². The van der Waals surface area contributed by atoms with Gasteiger partial charge in [0.05, 0.1) is 23.2 Å². The summed E-state index contributed by atoms with van der Waals surface area (Å²) in [5.41, 5.74) is -0.716. The van der Waals surface area contributed by atoms with Gasteiger partial charge in [0.2, 0.25) is 5.82 Å². The Morgan fingerprint density at radius 2 is 2.03 bits per heavy atom. The Morgan fingerprint density at radius 3 is 2.71 bits per heavy atom. The van der Waals surface area contributed by atoms with E-state index in [4.69, 9.17) is 4.74 Å². The number of hydrogen-bond donors (Lipinski definition) is 0. The number of esters is 1. The van der Waals surface area contributed by atoms with E-state index < -0.39 is 29.7 Å². The molecule has 0 spiro atoms. The topological polar surface area (TPSA) is 77.3 Å². The van der Waals surface area contributed by atoms with Crippen molar-refractivity contribution < 1.29 is 27.5 Å². The fraction of sp³-hybridized carbons (Fsp3) is 0.300. The van der Waals surface area contributed by atoms with Gasteiger partial charge < -0.3 is 9.64 Å². The maximum atomic E-state index is 13.2. The van der Waals surface area contributed by atoms with E-state index in [9.17, 15) is 22.8 Å². The van der Waals surface area contributed by atoms with Crippen LogP contribution in [0.3, 0.4) is 0 Å². The van der Waals surface area contributed by atoms with Crippen LogP contribution in [-0.4, -0.2) is 51.2 Å². The molecule has 0 aliphatic carbocycles. The summed E-state index contributed by atoms with van der Waals surface area (Å²) in [5, 5.41) is 6.01. The molecule has 1 unspecified atom stereocenters. The van der Waals surface area contributed by atoms with Gasteiger partial charge in [-0.2, -0.15) is 13.2 Å². The lowest BCUT2D eigenvalue weighted by Gasteiger charge is -2.20. The molecule has 2 aromatic heterocycles. The summed E-state index contributed by atoms with van der Waals surface area (Å²) in [7, 11) is 1.25. The Labute approximate surface area is 179 Å². The average molecular weight is 450 g/mol. The molecule has 1 atom stereocenters. The van der Waals surface area contributed by atoms with Crippen LogP contribution in [0.15, 0.2) is 41.8 Å². The molecule has 0 radical (unpaired) electrons. The summed E-state index contributed by atoms with van der Waals surface area (Å²) in [6.45, 7) is 0.338. The molecule has 4 rings (SSSR count). The van der Waals surface area contributed by atoms with E-state index in [0.29, 0.717) is 24.3 Å². The van der Waals surface area contributed by atoms with Crippen molar-refractivity contribution in [3.8, 4) is 16.4 Å². The summed E-state index contributed by atoms with van der Waals surface area (Å²) < 4.78 is 45.6. The fourth-order valence-electron chi connectivity index (χ4n) is 3.48. The standard InChI is InChI=1S/C20H17F3N4O3S/c1-30-19(29)14-7-3-9-26(14)18(28)16-24-17(15-8-4-10-31-15)27(25-16)13-6-2-5-12(11-13)20(21,22)23/h2,4-6,8,10-11,14H,3,7,9H2,1H3. The van der Waals surface area contributed by atoms with E-state index in [2.05, 4.69) is 10.1 Å². The Bertz CT molecular complexity index is 1110. The number of methoxy groups -OCH3 is 1. The highest BCUT2D eigenvalue weighted by Gasteiger charge is 2.37. The smallest absolute Gasteiger partial charge is 0.416 e. The third kappa shape index (κ3) is 4.05. The van der Waals surface area contributed by atoms with Gasteiger partial charge in [0.25, 0.3) is 5.91 Å². The predicted octanol–water partition coefficient (Wildman–Crippen LogP) is 3.79. The quantitative estimate of drug-likeness (QED) is 0.566. The number of aromatic nitrogens is 3. The summed E-state index contributed by atoms with van der Waals surface area (Å²) in [5.74, 6) is -1.05. The molecule has 11 heteroatoms. The second kappa shape index (κ2) is 8.14. The molecule has 162 valence electrons. The van der Waals surface area contributed by atoms with Gasteiger partial charge in [-0.1, -0.05) is 12.1 Å². The van der Waals surface area contributed by atoms with Crippen LogP contribution >= 0.6 is 11.3 Å². The van der Waals surface area contributed by atoms with E-state index in [0.717, 1.165) is 12.1 Å². The number of alkyl halides is 3. The largest absolute Gasteiger partial charge is 0.467 e. The second-order valence-electron chi connectivity index (χ2n) is 6.88. The Morgan fingerprint density at radius 1 is 1.23 bits per heavy atom. The number of carbonyl (C=O) groups excluding carboxylic acids is 2. The molecular weight excluding hydrogens is 433 g/mol. The molecule has 1 saturated heterocycles. The number of hydrogen-bond acceptors (Lipinski definition) is 6. The van der Waals surface area contributed by atoms with Crippen molar-refractivity contribution in [3.63, 3.8) is 0 Å². The van der Waals surface area contributed by atoms with Gasteiger partial charge in [0, 0.05) is 6.54 Å². The monoisotopic (exact) mass is 450 g/mol. The normalized spacial score (nSPS) is 16.5. The molecule has 0 N–H and O–H groups in total. The summed E-state index contributed by atoms with van der Waals surface area (Å²) in [4.78, 5) is 31.4. The van der Waals surface area contributed by atoms with Crippen molar-refractivity contribution in [1.82, 2.24) is 19.7 Å². The van der Waals surface area contributed by atoms with Crippen molar-refractivity contribution in [2.75, 3.05) is 13.7 Å². The van der Waals surface area contributed by atoms with Crippen LogP contribution in [0.2, 0.25) is 0 Å². The number of likely N-dealkylation sites (tertiary alicyclic amines) is 1. The lowest BCUT2D eigenvalue weighted by Crippen LogP contribution is -2.41. The number of ether oxygens (including phenoxy) is 1. The molecule has 1 aliphatic heterocycles. The molecular formula is C20H17F3N4O3S. The third-order valence-electron chi connectivity index (χ3n) is 4.94. The van der Waals surface area contributed by atoms with Gasteiger partial charge >= 0.3 is 12.1 Å². The highest BCUT2D eigenvalue weighted by molar-refractivity contribution is 7.13. The molecule has 0 saturated carbocycles. The third-order valence-corrected chi connectivity index (χ3v) is 5.81. The zero-order valence-electron chi connectivity index (χ0n) is 16.3. The number of thiophene rings is 1. The van der Waals surface area contributed by atoms with Crippen molar-refractivity contribution in [2.24, 2.45) is 0 Å². The minimum atomic E-state index is -4.53. The van der Waals surface area contributed by atoms with Crippen molar-refractivity contribution in [3.05, 3.63) is 53.2 Å². The van der Waals surface area contributed by atoms with E-state index in [1.807, 2.05) is 0 Å². The van der Waals surface area contributed by atoms with Crippen LogP contribution < -0.4 is 0 Å². The Kier molecular flexibility index (Phi) is 5.52. The minimum Gasteiger partial charge on any atom is -0.467 e. The zero-order chi connectivity index (χ0) is 22.2. The van der Waals surface area contributed by atoms with Crippen LogP contribution in [0.5, 0.6) is 0 Å². The first-order valence-corrected chi connectivity index (χ1v) is 10.2. The van der Waals surface area contributed by atoms with Gasteiger partial charge in [-0.15, -0.1) is 16.4 Å². The Balaban J connectivity index is 1.77. The molecule has 3 heterocycles. The average Bonchev–Trinajstić information content (AvgIpc) is 3.52. The maximum Gasteiger partial charge on any atom is 0.416 e. The van der Waals surface area contributed by atoms with Crippen LogP contribution in [0.1, 0.15) is 29.0 Å². The van der Waals surface area contributed by atoms with Crippen molar-refractivity contribution >= 4 is 23.2 Å². The highest BCUT2D eigenvalue weighted by atomic mass is 32.1. The summed E-state index contributed by atoms with van der Waals surface area (Å²) in [6, 6.07) is 7.41. The Hall–Kier alpha value is -3.21. The molecule has 31 heavy (non-hydrogen) atoms. The van der Waals surface area contributed by atoms with Gasteiger partial charge in [-0.05, 0) is 42.5 Å². The van der Waals surface area contributed by atoms with Crippen LogP contribution in [-0.2, 0) is 15.7 Å². The van der Waals surface area contributed by atoms with E-state index in [-0.39, 0.29) is 17.3 Å². The highest BCUT2D eigenvalue weighted by Crippen LogP contribution is 2.32. The van der Waals surface area contributed by atoms with Gasteiger partial charge in [0.1, 0.15) is 6.04 Å². The summed E-state index contributed by atoms with van der Waals surface area (Å²) in [6.07, 6.45) is -3.44. The molecule has 1 aliphatic rings. The van der Waals surface area contributed by atoms with Crippen molar-refractivity contribution in [1.29, 1.82) is 0 Å². The number of nitrogens with zero attached hydrogens (tertiary/aromatic N) is 4. The minimum absolute atomic E-state index is 0.121. The first kappa shape index (κ1) is 21.0. The molecule has 0 bridgehead atoms. The van der Waals surface area contributed by atoms with Crippen LogP contribution in [0.4, 0.5) is 13.2 Å². The number of rotatable bonds is 4. The van der Waals surface area contributed by atoms with Gasteiger partial charge in [-0.3, -0.25) is 4.79 Å². The van der Waals surface area contributed by atoms with E-state index in [1.54, 1.807) is 17.5 Å². The molecule has 1 aromatic carbocycles. The number of benzene rings is 1. The number of amides is 1. The molecule has 1 amide bonds. The predicted molar refractivity (Wildman–Crippen MR) is 106 cm³/mol. The van der Waals surface area contributed by atoms with Gasteiger partial charge in [0.15, 0.2) is 5.82 Å². The molecule has 7 nitrogen and oxygen atoms in total. The van der Waals surface area contributed by atoms with E-state index in [1.165, 1.54) is 40.2 Å². The maximum absolute atomic E-state index is 13.2. The van der Waals surface area contributed by atoms with Crippen molar-refractivity contribution in [2.45, 2.75) is 25.1 Å². The number of halogens is 3. The lowest BCUT2D eigenvalue weighted by atomic mass is 10.2. The van der Waals surface area contributed by atoms with Gasteiger partial charge in [-0.25, -0.2) is 14.5 Å². The second-order valence-corrected chi connectivity index (χ2v) is 7.82. The zero-order valence-corrected chi connectivity index (χ0v) is 17.1. The van der Waals surface area contributed by atoms with E-state index >= 15 is 0 Å². The number of carbonyl (C=O) groups is 2. The first-order valence-electron chi connectivity index (χ1n) is 9.37. The fourth-order valence-corrected chi connectivity index (χ4v) is 4.18. The molecule has 3 aromatic rings. The first-order chi connectivity index (χ1) is 14.8. The lowest BCUT2D eigenvalue weighted by molar-refractivity contribution is -0.145. The molecule has 1 fully saturated rings. The summed E-state index contributed by atoms with van der Waals surface area (Å²) >= 11 is 1.32. The SMILES string of the molecule is COC(=O)C1CCCN1C(=O)c1nc(-c2cccs2)n(-c2cccc(C(F)(F)F)c2)n1. The van der Waals surface area contributed by atoms with Crippen LogP contribution in [0.25, 0.3) is 16.4 Å².